The van der Waals surface area contributed by atoms with Crippen molar-refractivity contribution in [3.05, 3.63) is 66.0 Å². The molecule has 10 nitrogen and oxygen atoms in total. The minimum absolute atomic E-state index is 0.00179. The molecule has 2 heterocycles. The molecule has 41 heavy (non-hydrogen) atoms. The third-order valence-electron chi connectivity index (χ3n) is 7.27. The topological polar surface area (TPSA) is 118 Å². The minimum Gasteiger partial charge on any atom is -0.497 e. The first kappa shape index (κ1) is 29.8. The van der Waals surface area contributed by atoms with Crippen LogP contribution in [0.1, 0.15) is 57.5 Å². The van der Waals surface area contributed by atoms with Gasteiger partial charge in [-0.05, 0) is 43.4 Å². The molecule has 0 spiro atoms. The zero-order chi connectivity index (χ0) is 29.4. The van der Waals surface area contributed by atoms with Crippen molar-refractivity contribution in [3.8, 4) is 17.1 Å². The molecule has 4 rings (SSSR count). The summed E-state index contributed by atoms with van der Waals surface area (Å²) in [5.74, 6) is 1.44. The average Bonchev–Trinajstić information content (AvgIpc) is 3.39. The number of carbonyl (C=O) groups excluding carboxylic acids is 3. The van der Waals surface area contributed by atoms with Crippen LogP contribution in [0.5, 0.6) is 5.75 Å². The molecule has 1 aliphatic heterocycles. The van der Waals surface area contributed by atoms with E-state index in [0.717, 1.165) is 16.9 Å². The normalized spacial score (nSPS) is 18.7. The van der Waals surface area contributed by atoms with Gasteiger partial charge in [-0.15, -0.1) is 0 Å². The Labute approximate surface area is 241 Å². The first-order valence-corrected chi connectivity index (χ1v) is 14.3. The van der Waals surface area contributed by atoms with Gasteiger partial charge in [0.1, 0.15) is 11.8 Å². The molecule has 0 saturated heterocycles. The molecule has 2 N–H and O–H groups in total. The fraction of sp³-hybridized carbons (Fsp3) is 0.452. The molecule has 2 atom stereocenters. The number of nitrogens with zero attached hydrogens (tertiary/aromatic N) is 4. The molecule has 0 unspecified atom stereocenters. The van der Waals surface area contributed by atoms with E-state index >= 15 is 0 Å². The molecular formula is C31H40N6O4. The van der Waals surface area contributed by atoms with Crippen molar-refractivity contribution in [2.24, 2.45) is 5.92 Å². The van der Waals surface area contributed by atoms with Crippen LogP contribution in [-0.2, 0) is 27.3 Å². The maximum Gasteiger partial charge on any atom is 0.242 e. The summed E-state index contributed by atoms with van der Waals surface area (Å²) in [7, 11) is 1.62. The number of hydrogen-bond acceptors (Lipinski definition) is 6. The van der Waals surface area contributed by atoms with E-state index in [0.29, 0.717) is 50.5 Å². The molecule has 0 saturated carbocycles. The molecule has 0 fully saturated rings. The first-order valence-electron chi connectivity index (χ1n) is 14.3. The van der Waals surface area contributed by atoms with Crippen LogP contribution in [0.3, 0.4) is 0 Å². The highest BCUT2D eigenvalue weighted by Crippen LogP contribution is 2.24. The quantitative estimate of drug-likeness (QED) is 0.476. The van der Waals surface area contributed by atoms with E-state index < -0.39 is 12.1 Å². The number of nitrogens with one attached hydrogen (secondary N) is 2. The highest BCUT2D eigenvalue weighted by atomic mass is 16.5. The Balaban J connectivity index is 1.62. The highest BCUT2D eigenvalue weighted by Gasteiger charge is 2.28. The van der Waals surface area contributed by atoms with Crippen molar-refractivity contribution in [1.29, 1.82) is 0 Å². The molecule has 0 bridgehead atoms. The summed E-state index contributed by atoms with van der Waals surface area (Å²) in [6.07, 6.45) is 1.62. The van der Waals surface area contributed by atoms with E-state index in [2.05, 4.69) is 10.6 Å². The summed E-state index contributed by atoms with van der Waals surface area (Å²) >= 11 is 0. The summed E-state index contributed by atoms with van der Waals surface area (Å²) in [4.78, 5) is 45.8. The molecule has 1 aliphatic rings. The van der Waals surface area contributed by atoms with Crippen LogP contribution in [0.15, 0.2) is 54.6 Å². The fourth-order valence-corrected chi connectivity index (χ4v) is 4.89. The van der Waals surface area contributed by atoms with Gasteiger partial charge in [0.2, 0.25) is 17.7 Å². The molecule has 10 heteroatoms. The van der Waals surface area contributed by atoms with Gasteiger partial charge < -0.3 is 20.3 Å². The second-order valence-electron chi connectivity index (χ2n) is 10.7. The summed E-state index contributed by atoms with van der Waals surface area (Å²) in [6, 6.07) is 16.3. The zero-order valence-corrected chi connectivity index (χ0v) is 24.3. The Bertz CT molecular complexity index is 1340. The smallest absolute Gasteiger partial charge is 0.242 e. The first-order chi connectivity index (χ1) is 19.7. The van der Waals surface area contributed by atoms with Crippen LogP contribution in [-0.4, -0.2) is 63.6 Å². The molecule has 1 aromatic heterocycles. The Morgan fingerprint density at radius 2 is 1.83 bits per heavy atom. The number of hydrogen-bond donors (Lipinski definition) is 2. The Morgan fingerprint density at radius 3 is 2.56 bits per heavy atom. The maximum atomic E-state index is 13.4. The van der Waals surface area contributed by atoms with E-state index in [1.165, 1.54) is 0 Å². The molecule has 218 valence electrons. The van der Waals surface area contributed by atoms with Gasteiger partial charge in [-0.25, -0.2) is 9.67 Å². The van der Waals surface area contributed by atoms with Gasteiger partial charge in [-0.2, -0.15) is 5.10 Å². The number of methoxy groups -OCH3 is 1. The Morgan fingerprint density at radius 1 is 1.05 bits per heavy atom. The van der Waals surface area contributed by atoms with E-state index in [1.54, 1.807) is 18.9 Å². The summed E-state index contributed by atoms with van der Waals surface area (Å²) in [5.41, 5.74) is 1.89. The van der Waals surface area contributed by atoms with Gasteiger partial charge in [0.15, 0.2) is 11.6 Å². The largest absolute Gasteiger partial charge is 0.497 e. The second kappa shape index (κ2) is 13.9. The van der Waals surface area contributed by atoms with E-state index in [9.17, 15) is 14.4 Å². The lowest BCUT2D eigenvalue weighted by Gasteiger charge is -2.27. The molecule has 3 amide bonds. The third kappa shape index (κ3) is 7.93. The van der Waals surface area contributed by atoms with Crippen molar-refractivity contribution >= 4 is 17.7 Å². The number of carbonyl (C=O) groups is 3. The predicted molar refractivity (Wildman–Crippen MR) is 156 cm³/mol. The number of aryl methyl sites for hydroxylation is 1. The lowest BCUT2D eigenvalue weighted by molar-refractivity contribution is -0.132. The standard InChI is InChI=1S/C31H40N6O4/c1-21(2)28-30-34-29(24-11-6-5-7-12-24)35-37(30)19-18-36(17-9-14-26(38)32-22(3)31(40)33-28)27(39)16-15-23-10-8-13-25(20-23)41-4/h5-8,10-13,20-22,28H,9,14-19H2,1-4H3,(H,32,38)(H,33,40)/t22-,28+/m1/s1. The van der Waals surface area contributed by atoms with Gasteiger partial charge in [0.05, 0.1) is 19.7 Å². The Hall–Kier alpha value is -4.21. The van der Waals surface area contributed by atoms with Crippen LogP contribution in [0, 0.1) is 5.92 Å². The molecule has 0 aliphatic carbocycles. The number of aromatic nitrogens is 3. The number of ether oxygens (including phenoxy) is 1. The van der Waals surface area contributed by atoms with Crippen LogP contribution in [0.2, 0.25) is 0 Å². The van der Waals surface area contributed by atoms with Crippen molar-refractivity contribution in [1.82, 2.24) is 30.3 Å². The number of rotatable bonds is 6. The van der Waals surface area contributed by atoms with Gasteiger partial charge in [-0.3, -0.25) is 14.4 Å². The molecular weight excluding hydrogens is 520 g/mol. The van der Waals surface area contributed by atoms with Gasteiger partial charge >= 0.3 is 0 Å². The maximum absolute atomic E-state index is 13.4. The van der Waals surface area contributed by atoms with Crippen molar-refractivity contribution in [3.63, 3.8) is 0 Å². The fourth-order valence-electron chi connectivity index (χ4n) is 4.89. The second-order valence-corrected chi connectivity index (χ2v) is 10.7. The summed E-state index contributed by atoms with van der Waals surface area (Å²) < 4.78 is 7.13. The van der Waals surface area contributed by atoms with Crippen LogP contribution in [0.25, 0.3) is 11.4 Å². The molecule has 2 aromatic carbocycles. The van der Waals surface area contributed by atoms with Crippen molar-refractivity contribution in [2.45, 2.75) is 65.1 Å². The highest BCUT2D eigenvalue weighted by molar-refractivity contribution is 5.87. The van der Waals surface area contributed by atoms with E-state index in [-0.39, 0.29) is 30.1 Å². The van der Waals surface area contributed by atoms with Gasteiger partial charge in [0, 0.05) is 31.5 Å². The third-order valence-corrected chi connectivity index (χ3v) is 7.27. The predicted octanol–water partition coefficient (Wildman–Crippen LogP) is 3.53. The summed E-state index contributed by atoms with van der Waals surface area (Å²) in [6.45, 7) is 6.91. The molecule has 0 radical (unpaired) electrons. The van der Waals surface area contributed by atoms with Crippen LogP contribution in [0.4, 0.5) is 0 Å². The number of fused-ring (bicyclic) bond motifs is 1. The van der Waals surface area contributed by atoms with Crippen LogP contribution < -0.4 is 15.4 Å². The average molecular weight is 561 g/mol. The number of benzene rings is 2. The van der Waals surface area contributed by atoms with Gasteiger partial charge in [0.25, 0.3) is 0 Å². The lowest BCUT2D eigenvalue weighted by atomic mass is 10.0. The van der Waals surface area contributed by atoms with Crippen LogP contribution >= 0.6 is 0 Å². The van der Waals surface area contributed by atoms with Gasteiger partial charge in [-0.1, -0.05) is 56.3 Å². The summed E-state index contributed by atoms with van der Waals surface area (Å²) in [5, 5.41) is 10.7. The number of amides is 3. The minimum atomic E-state index is -0.711. The SMILES string of the molecule is COc1cccc(CCC(=O)N2CCCC(=O)N[C@H](C)C(=O)N[C@@H](C(C)C)c3nc(-c4ccccc4)nn3CC2)c1. The van der Waals surface area contributed by atoms with E-state index in [1.807, 2.05) is 73.1 Å². The monoisotopic (exact) mass is 560 g/mol. The van der Waals surface area contributed by atoms with Crippen molar-refractivity contribution in [2.75, 3.05) is 20.2 Å². The zero-order valence-electron chi connectivity index (χ0n) is 24.3. The molecule has 3 aromatic rings. The van der Waals surface area contributed by atoms with E-state index in [4.69, 9.17) is 14.8 Å². The Kier molecular flexibility index (Phi) is 10.1. The van der Waals surface area contributed by atoms with Crippen molar-refractivity contribution < 1.29 is 19.1 Å². The lowest BCUT2D eigenvalue weighted by Crippen LogP contribution is -2.47.